The molecule has 2 N–H and O–H groups in total. The third kappa shape index (κ3) is 2.37. The quantitative estimate of drug-likeness (QED) is 0.747. The van der Waals surface area contributed by atoms with E-state index in [4.69, 9.17) is 4.74 Å². The highest BCUT2D eigenvalue weighted by atomic mass is 127. The highest BCUT2D eigenvalue weighted by molar-refractivity contribution is 14.1. The molecular formula is C16H15IN2O3. The normalized spacial score (nSPS) is 17.0. The number of hydrogen-bond acceptors (Lipinski definition) is 4. The number of nitrogens with zero attached hydrogens (tertiary/aromatic N) is 1. The molecule has 6 heteroatoms. The molecule has 2 aromatic carbocycles. The average Bonchev–Trinajstić information content (AvgIpc) is 2.53. The van der Waals surface area contributed by atoms with Gasteiger partial charge in [-0.25, -0.2) is 0 Å². The van der Waals surface area contributed by atoms with Crippen molar-refractivity contribution in [1.29, 1.82) is 0 Å². The van der Waals surface area contributed by atoms with Crippen LogP contribution in [0.5, 0.6) is 11.5 Å². The summed E-state index contributed by atoms with van der Waals surface area (Å²) in [5, 5.41) is 13.3. The monoisotopic (exact) mass is 410 g/mol. The molecule has 2 aromatic rings. The molecule has 1 heterocycles. The van der Waals surface area contributed by atoms with E-state index >= 15 is 0 Å². The number of nitrogens with one attached hydrogen (secondary N) is 1. The van der Waals surface area contributed by atoms with Gasteiger partial charge in [0.05, 0.1) is 16.2 Å². The van der Waals surface area contributed by atoms with Gasteiger partial charge in [0.15, 0.2) is 11.5 Å². The number of anilines is 1. The lowest BCUT2D eigenvalue weighted by molar-refractivity contribution is 0.0735. The van der Waals surface area contributed by atoms with Crippen LogP contribution in [0.1, 0.15) is 22.1 Å². The van der Waals surface area contributed by atoms with E-state index in [9.17, 15) is 9.90 Å². The van der Waals surface area contributed by atoms with Gasteiger partial charge in [0, 0.05) is 12.7 Å². The molecule has 1 aliphatic heterocycles. The largest absolute Gasteiger partial charge is 0.504 e. The lowest BCUT2D eigenvalue weighted by Gasteiger charge is -2.35. The number of para-hydroxylation sites is 1. The second-order valence-corrected chi connectivity index (χ2v) is 6.22. The molecule has 0 fully saturated rings. The molecule has 5 nitrogen and oxygen atoms in total. The van der Waals surface area contributed by atoms with Crippen LogP contribution in [0.2, 0.25) is 0 Å². The molecule has 1 atom stereocenters. The zero-order valence-corrected chi connectivity index (χ0v) is 14.3. The van der Waals surface area contributed by atoms with Gasteiger partial charge in [-0.15, -0.1) is 0 Å². The van der Waals surface area contributed by atoms with Crippen molar-refractivity contribution in [3.05, 3.63) is 51.1 Å². The Morgan fingerprint density at radius 1 is 1.32 bits per heavy atom. The standard InChI is InChI=1S/C16H15IN2O3/c1-19-15(9-7-11(17)14(20)13(8-9)22-2)18-12-6-4-3-5-10(12)16(19)21/h3-8,15,18,20H,1-2H3. The smallest absolute Gasteiger partial charge is 0.257 e. The number of fused-ring (bicyclic) bond motifs is 1. The number of phenols is 1. The molecule has 1 amide bonds. The fraction of sp³-hybridized carbons (Fsp3) is 0.188. The molecular weight excluding hydrogens is 395 g/mol. The van der Waals surface area contributed by atoms with Crippen LogP contribution in [0, 0.1) is 3.57 Å². The van der Waals surface area contributed by atoms with Crippen LogP contribution in [0.4, 0.5) is 5.69 Å². The van der Waals surface area contributed by atoms with E-state index < -0.39 is 0 Å². The molecule has 0 radical (unpaired) electrons. The van der Waals surface area contributed by atoms with E-state index in [1.54, 1.807) is 24.1 Å². The maximum absolute atomic E-state index is 12.5. The lowest BCUT2D eigenvalue weighted by atomic mass is 10.0. The number of amides is 1. The van der Waals surface area contributed by atoms with E-state index in [0.717, 1.165) is 11.3 Å². The molecule has 0 saturated heterocycles. The average molecular weight is 410 g/mol. The first-order valence-corrected chi connectivity index (χ1v) is 7.80. The number of phenolic OH excluding ortho intramolecular Hbond substituents is 1. The van der Waals surface area contributed by atoms with Crippen LogP contribution in [-0.4, -0.2) is 30.1 Å². The summed E-state index contributed by atoms with van der Waals surface area (Å²) in [5.74, 6) is 0.460. The van der Waals surface area contributed by atoms with Gasteiger partial charge in [-0.2, -0.15) is 0 Å². The molecule has 22 heavy (non-hydrogen) atoms. The molecule has 1 aliphatic rings. The number of carbonyl (C=O) groups excluding carboxylic acids is 1. The van der Waals surface area contributed by atoms with E-state index in [1.165, 1.54) is 7.11 Å². The summed E-state index contributed by atoms with van der Waals surface area (Å²) in [6.45, 7) is 0. The second kappa shape index (κ2) is 5.68. The molecule has 0 bridgehead atoms. The topological polar surface area (TPSA) is 61.8 Å². The van der Waals surface area contributed by atoms with E-state index in [1.807, 2.05) is 46.9 Å². The number of methoxy groups -OCH3 is 1. The number of rotatable bonds is 2. The highest BCUT2D eigenvalue weighted by Gasteiger charge is 2.30. The van der Waals surface area contributed by atoms with Gasteiger partial charge in [0.2, 0.25) is 0 Å². The van der Waals surface area contributed by atoms with Crippen molar-refractivity contribution in [2.45, 2.75) is 6.17 Å². The Morgan fingerprint density at radius 2 is 2.05 bits per heavy atom. The minimum absolute atomic E-state index is 0.0404. The summed E-state index contributed by atoms with van der Waals surface area (Å²) in [7, 11) is 3.26. The molecule has 114 valence electrons. The summed E-state index contributed by atoms with van der Waals surface area (Å²) in [5.41, 5.74) is 2.31. The third-order valence-corrected chi connectivity index (χ3v) is 4.57. The van der Waals surface area contributed by atoms with Crippen molar-refractivity contribution in [1.82, 2.24) is 4.90 Å². The molecule has 3 rings (SSSR count). The Hall–Kier alpha value is -1.96. The predicted molar refractivity (Wildman–Crippen MR) is 92.3 cm³/mol. The zero-order chi connectivity index (χ0) is 15.9. The SMILES string of the molecule is COc1cc(C2Nc3ccccc3C(=O)N2C)cc(I)c1O. The predicted octanol–water partition coefficient (Wildman–Crippen LogP) is 3.20. The third-order valence-electron chi connectivity index (χ3n) is 3.74. The zero-order valence-electron chi connectivity index (χ0n) is 12.1. The number of carbonyl (C=O) groups is 1. The van der Waals surface area contributed by atoms with E-state index in [2.05, 4.69) is 5.32 Å². The molecule has 0 saturated carbocycles. The first-order chi connectivity index (χ1) is 10.5. The maximum atomic E-state index is 12.5. The van der Waals surface area contributed by atoms with Gasteiger partial charge >= 0.3 is 0 Å². The van der Waals surface area contributed by atoms with Crippen LogP contribution in [0.3, 0.4) is 0 Å². The van der Waals surface area contributed by atoms with Crippen molar-refractivity contribution in [2.24, 2.45) is 0 Å². The number of halogens is 1. The summed E-state index contributed by atoms with van der Waals surface area (Å²) >= 11 is 2.05. The number of aromatic hydroxyl groups is 1. The Kier molecular flexibility index (Phi) is 3.86. The van der Waals surface area contributed by atoms with Gasteiger partial charge in [-0.1, -0.05) is 12.1 Å². The van der Waals surface area contributed by atoms with Gasteiger partial charge in [0.25, 0.3) is 5.91 Å². The van der Waals surface area contributed by atoms with Gasteiger partial charge < -0.3 is 20.1 Å². The van der Waals surface area contributed by atoms with Gasteiger partial charge in [0.1, 0.15) is 6.17 Å². The highest BCUT2D eigenvalue weighted by Crippen LogP contribution is 2.38. The van der Waals surface area contributed by atoms with Crippen LogP contribution < -0.4 is 10.1 Å². The van der Waals surface area contributed by atoms with Crippen molar-refractivity contribution >= 4 is 34.2 Å². The van der Waals surface area contributed by atoms with Gasteiger partial charge in [-0.05, 0) is 52.4 Å². The van der Waals surface area contributed by atoms with Crippen LogP contribution in [0.25, 0.3) is 0 Å². The fourth-order valence-electron chi connectivity index (χ4n) is 2.56. The van der Waals surface area contributed by atoms with Crippen molar-refractivity contribution < 1.29 is 14.6 Å². The van der Waals surface area contributed by atoms with Crippen LogP contribution in [0.15, 0.2) is 36.4 Å². The summed E-state index contributed by atoms with van der Waals surface area (Å²) < 4.78 is 5.88. The second-order valence-electron chi connectivity index (χ2n) is 5.06. The van der Waals surface area contributed by atoms with E-state index in [-0.39, 0.29) is 17.8 Å². The van der Waals surface area contributed by atoms with E-state index in [0.29, 0.717) is 14.9 Å². The molecule has 0 aromatic heterocycles. The molecule has 1 unspecified atom stereocenters. The molecule has 0 spiro atoms. The first-order valence-electron chi connectivity index (χ1n) is 6.72. The van der Waals surface area contributed by atoms with Crippen LogP contribution in [-0.2, 0) is 0 Å². The Morgan fingerprint density at radius 3 is 2.77 bits per heavy atom. The fourth-order valence-corrected chi connectivity index (χ4v) is 3.19. The first kappa shape index (κ1) is 15.0. The number of ether oxygens (including phenoxy) is 1. The Bertz CT molecular complexity index is 748. The Balaban J connectivity index is 2.06. The summed E-state index contributed by atoms with van der Waals surface area (Å²) in [4.78, 5) is 14.2. The lowest BCUT2D eigenvalue weighted by Crippen LogP contribution is -2.40. The maximum Gasteiger partial charge on any atom is 0.257 e. The number of benzene rings is 2. The van der Waals surface area contributed by atoms with Crippen LogP contribution >= 0.6 is 22.6 Å². The van der Waals surface area contributed by atoms with Crippen molar-refractivity contribution in [2.75, 3.05) is 19.5 Å². The number of hydrogen-bond donors (Lipinski definition) is 2. The van der Waals surface area contributed by atoms with Crippen molar-refractivity contribution in [3.8, 4) is 11.5 Å². The minimum Gasteiger partial charge on any atom is -0.504 e. The summed E-state index contributed by atoms with van der Waals surface area (Å²) in [6, 6.07) is 11.0. The van der Waals surface area contributed by atoms with Crippen molar-refractivity contribution in [3.63, 3.8) is 0 Å². The molecule has 0 aliphatic carbocycles. The summed E-state index contributed by atoms with van der Waals surface area (Å²) in [6.07, 6.45) is -0.314. The minimum atomic E-state index is -0.314. The Labute approximate surface area is 142 Å². The van der Waals surface area contributed by atoms with Gasteiger partial charge in [-0.3, -0.25) is 4.79 Å².